The number of terminal acetylenes is 1. The summed E-state index contributed by atoms with van der Waals surface area (Å²) in [6, 6.07) is 13.6. The number of piperidine rings is 1. The van der Waals surface area contributed by atoms with Gasteiger partial charge in [-0.3, -0.25) is 0 Å². The summed E-state index contributed by atoms with van der Waals surface area (Å²) in [7, 11) is 1.00. The lowest BCUT2D eigenvalue weighted by atomic mass is 9.93. The molecule has 2 aliphatic heterocycles. The molecule has 2 aromatic rings. The summed E-state index contributed by atoms with van der Waals surface area (Å²) in [4.78, 5) is 21.5. The topological polar surface area (TPSA) is 147 Å². The first-order chi connectivity index (χ1) is 21.7. The molecule has 11 nitrogen and oxygen atoms in total. The van der Waals surface area contributed by atoms with Crippen molar-refractivity contribution >= 4 is 29.1 Å². The van der Waals surface area contributed by atoms with Gasteiger partial charge in [0.15, 0.2) is 11.2 Å². The van der Waals surface area contributed by atoms with Crippen LogP contribution in [0, 0.1) is 29.7 Å². The zero-order valence-electron chi connectivity index (χ0n) is 25.4. The Morgan fingerprint density at radius 1 is 1.04 bits per heavy atom. The average molecular weight is 651 g/mol. The fraction of sp³-hybridized carbons (Fsp3) is 0.533. The standard InChI is InChI=1S/C18H27F3N6O2S.C11H10N2.CH4O/c19-18(20,21)17-24-15(26-8-2-9-26)13-16(25-17)27-10-4-14(5-11-27)3-7-23-30(29)22-6-1-12-28;1-2-13-8-7-10-3-5-11(9-12)6-4-10;1-2/h12-14,22-23H,1-11H2;1,3-6,13H,7-8H2;2H,1H3. The van der Waals surface area contributed by atoms with Crippen LogP contribution in [0.15, 0.2) is 30.3 Å². The third-order valence-electron chi connectivity index (χ3n) is 7.08. The van der Waals surface area contributed by atoms with Gasteiger partial charge in [-0.05, 0) is 55.7 Å². The fourth-order valence-electron chi connectivity index (χ4n) is 4.51. The molecule has 1 atom stereocenters. The van der Waals surface area contributed by atoms with E-state index in [1.807, 2.05) is 34.1 Å². The Morgan fingerprint density at radius 2 is 1.64 bits per heavy atom. The average Bonchev–Trinajstić information content (AvgIpc) is 3.02. The van der Waals surface area contributed by atoms with Crippen molar-refractivity contribution in [2.24, 2.45) is 5.92 Å². The van der Waals surface area contributed by atoms with E-state index in [0.29, 0.717) is 68.8 Å². The summed E-state index contributed by atoms with van der Waals surface area (Å²) >= 11 is -1.37. The minimum Gasteiger partial charge on any atom is -0.400 e. The molecule has 4 rings (SSSR count). The third-order valence-corrected chi connectivity index (χ3v) is 8.01. The highest BCUT2D eigenvalue weighted by Gasteiger charge is 2.37. The van der Waals surface area contributed by atoms with E-state index in [9.17, 15) is 22.2 Å². The van der Waals surface area contributed by atoms with Crippen molar-refractivity contribution in [2.75, 3.05) is 62.7 Å². The highest BCUT2D eigenvalue weighted by Crippen LogP contribution is 2.33. The monoisotopic (exact) mass is 650 g/mol. The number of hydrogen-bond donors (Lipinski definition) is 4. The van der Waals surface area contributed by atoms with Gasteiger partial charge >= 0.3 is 6.18 Å². The third kappa shape index (κ3) is 13.4. The van der Waals surface area contributed by atoms with E-state index in [4.69, 9.17) is 16.8 Å². The molecule has 246 valence electrons. The van der Waals surface area contributed by atoms with Gasteiger partial charge in [0.2, 0.25) is 5.82 Å². The van der Waals surface area contributed by atoms with E-state index in [1.165, 1.54) is 5.56 Å². The summed E-state index contributed by atoms with van der Waals surface area (Å²) in [5.41, 5.74) is 1.87. The summed E-state index contributed by atoms with van der Waals surface area (Å²) in [6.07, 6.45) is 5.86. The summed E-state index contributed by atoms with van der Waals surface area (Å²) < 4.78 is 57.0. The van der Waals surface area contributed by atoms with Crippen molar-refractivity contribution in [3.63, 3.8) is 0 Å². The number of nitrogens with zero attached hydrogens (tertiary/aromatic N) is 5. The Kier molecular flexibility index (Phi) is 16.9. The van der Waals surface area contributed by atoms with Gasteiger partial charge in [0.25, 0.3) is 0 Å². The Balaban J connectivity index is 0.000000393. The highest BCUT2D eigenvalue weighted by atomic mass is 32.2. The molecule has 45 heavy (non-hydrogen) atoms. The second kappa shape index (κ2) is 20.3. The van der Waals surface area contributed by atoms with Gasteiger partial charge in [0.1, 0.15) is 17.9 Å². The molecule has 0 bridgehead atoms. The lowest BCUT2D eigenvalue weighted by Gasteiger charge is -2.35. The number of nitrogens with one attached hydrogen (secondary N) is 3. The zero-order valence-corrected chi connectivity index (χ0v) is 26.2. The van der Waals surface area contributed by atoms with Crippen LogP contribution < -0.4 is 24.6 Å². The molecular formula is C30H41F3N8O3S. The Morgan fingerprint density at radius 3 is 2.16 bits per heavy atom. The number of nitriles is 1. The first-order valence-electron chi connectivity index (χ1n) is 14.6. The molecule has 1 unspecified atom stereocenters. The largest absolute Gasteiger partial charge is 0.451 e. The number of hydrogen-bond acceptors (Lipinski definition) is 9. The van der Waals surface area contributed by atoms with Crippen LogP contribution in [0.2, 0.25) is 0 Å². The molecule has 0 radical (unpaired) electrons. The molecule has 3 heterocycles. The van der Waals surface area contributed by atoms with Crippen molar-refractivity contribution in [3.8, 4) is 18.5 Å². The van der Waals surface area contributed by atoms with Crippen molar-refractivity contribution in [1.29, 1.82) is 5.26 Å². The second-order valence-electron chi connectivity index (χ2n) is 10.1. The second-order valence-corrected chi connectivity index (χ2v) is 11.2. The molecule has 0 saturated carbocycles. The van der Waals surface area contributed by atoms with E-state index in [-0.39, 0.29) is 0 Å². The number of rotatable bonds is 13. The van der Waals surface area contributed by atoms with Crippen molar-refractivity contribution in [2.45, 2.75) is 44.7 Å². The van der Waals surface area contributed by atoms with Crippen LogP contribution in [0.3, 0.4) is 0 Å². The van der Waals surface area contributed by atoms with Crippen LogP contribution in [-0.2, 0) is 28.6 Å². The quantitative estimate of drug-likeness (QED) is 0.111. The van der Waals surface area contributed by atoms with Crippen molar-refractivity contribution in [3.05, 3.63) is 47.3 Å². The summed E-state index contributed by atoms with van der Waals surface area (Å²) in [5.74, 6) is -0.0111. The van der Waals surface area contributed by atoms with E-state index in [0.717, 1.165) is 52.0 Å². The van der Waals surface area contributed by atoms with Crippen LogP contribution in [0.1, 0.15) is 49.1 Å². The Bertz CT molecular complexity index is 1270. The molecule has 0 spiro atoms. The molecule has 0 amide bonds. The fourth-order valence-corrected chi connectivity index (χ4v) is 5.22. The molecule has 4 N–H and O–H groups in total. The molecule has 1 aromatic carbocycles. The van der Waals surface area contributed by atoms with Gasteiger partial charge in [-0.25, -0.2) is 23.6 Å². The lowest BCUT2D eigenvalue weighted by molar-refractivity contribution is -0.144. The van der Waals surface area contributed by atoms with Crippen molar-refractivity contribution < 1.29 is 27.3 Å². The first-order valence-corrected chi connectivity index (χ1v) is 15.8. The predicted molar refractivity (Wildman–Crippen MR) is 168 cm³/mol. The van der Waals surface area contributed by atoms with E-state index < -0.39 is 23.2 Å². The number of benzene rings is 1. The van der Waals surface area contributed by atoms with Gasteiger partial charge in [-0.15, -0.1) is 0 Å². The van der Waals surface area contributed by atoms with Crippen LogP contribution in [0.4, 0.5) is 24.8 Å². The maximum atomic E-state index is 13.2. The van der Waals surface area contributed by atoms with Gasteiger partial charge in [-0.1, -0.05) is 18.6 Å². The zero-order chi connectivity index (χ0) is 33.1. The van der Waals surface area contributed by atoms with Crippen LogP contribution in [0.25, 0.3) is 0 Å². The number of carbonyl (C=O) groups excluding carboxylic acids is 1. The first kappa shape index (κ1) is 37.4. The number of alkyl halides is 3. The van der Waals surface area contributed by atoms with Gasteiger partial charge in [-0.2, -0.15) is 18.4 Å². The van der Waals surface area contributed by atoms with E-state index in [1.54, 1.807) is 6.07 Å². The maximum absolute atomic E-state index is 13.2. The van der Waals surface area contributed by atoms with Crippen LogP contribution >= 0.6 is 0 Å². The molecule has 0 aliphatic carbocycles. The molecule has 2 saturated heterocycles. The van der Waals surface area contributed by atoms with Gasteiger partial charge < -0.3 is 25.0 Å². The molecule has 2 aliphatic rings. The summed E-state index contributed by atoms with van der Waals surface area (Å²) in [6.45, 7) is 4.37. The number of aldehydes is 1. The number of aromatic nitrogens is 2. The van der Waals surface area contributed by atoms with E-state index in [2.05, 4.69) is 36.8 Å². The SMILES string of the molecule is C#CNCCc1ccc(C#N)cc1.CO.O=CCCNS(=O)NCCC1CCN(c2cc(N3CCC3)nc(C(F)(F)F)n2)CC1. The number of carbonyl (C=O) groups is 1. The normalized spacial score (nSPS) is 15.2. The van der Waals surface area contributed by atoms with E-state index >= 15 is 0 Å². The highest BCUT2D eigenvalue weighted by molar-refractivity contribution is 7.81. The smallest absolute Gasteiger partial charge is 0.400 e. The predicted octanol–water partition coefficient (Wildman–Crippen LogP) is 2.55. The minimum absolute atomic E-state index is 0.310. The van der Waals surface area contributed by atoms with Gasteiger partial charge in [0, 0.05) is 71.5 Å². The molecule has 15 heteroatoms. The molecule has 1 aromatic heterocycles. The van der Waals surface area contributed by atoms with Crippen LogP contribution in [0.5, 0.6) is 0 Å². The van der Waals surface area contributed by atoms with Gasteiger partial charge in [0.05, 0.1) is 11.6 Å². The Hall–Kier alpha value is -3.76. The number of aliphatic hydroxyl groups is 1. The number of halogens is 3. The number of anilines is 2. The van der Waals surface area contributed by atoms with Crippen molar-refractivity contribution in [1.82, 2.24) is 24.7 Å². The number of aliphatic hydroxyl groups excluding tert-OH is 1. The Labute approximate surface area is 265 Å². The molecule has 2 fully saturated rings. The lowest BCUT2D eigenvalue weighted by Crippen LogP contribution is -2.39. The maximum Gasteiger partial charge on any atom is 0.451 e. The minimum atomic E-state index is -4.57. The van der Waals surface area contributed by atoms with Crippen LogP contribution in [-0.4, -0.2) is 78.5 Å². The molecular weight excluding hydrogens is 609 g/mol. The summed E-state index contributed by atoms with van der Waals surface area (Å²) in [5, 5.41) is 18.3.